The van der Waals surface area contributed by atoms with Gasteiger partial charge < -0.3 is 0 Å². The number of hydrogen-bond donors (Lipinski definition) is 0. The summed E-state index contributed by atoms with van der Waals surface area (Å²) in [5.74, 6) is 0. The summed E-state index contributed by atoms with van der Waals surface area (Å²) in [5, 5.41) is 0. The van der Waals surface area contributed by atoms with Crippen LogP contribution in [-0.2, 0) is 0 Å². The van der Waals surface area contributed by atoms with E-state index in [-0.39, 0.29) is 0 Å². The Morgan fingerprint density at radius 3 is 2.20 bits per heavy atom. The van der Waals surface area contributed by atoms with E-state index in [1.54, 1.807) is 0 Å². The van der Waals surface area contributed by atoms with Crippen molar-refractivity contribution in [2.24, 2.45) is 0 Å². The molecule has 0 nitrogen and oxygen atoms in total. The minimum atomic E-state index is -2.41. The first-order chi connectivity index (χ1) is 4.68. The third-order valence-corrected chi connectivity index (χ3v) is 12.0. The summed E-state index contributed by atoms with van der Waals surface area (Å²) in [7, 11) is 6.26. The van der Waals surface area contributed by atoms with Gasteiger partial charge >= 0.3 is 71.7 Å². The fourth-order valence-electron chi connectivity index (χ4n) is 0.735. The Hall–Kier alpha value is 0.569. The maximum atomic E-state index is 6.26. The summed E-state index contributed by atoms with van der Waals surface area (Å²) in [5.41, 5.74) is 0. The molecule has 0 aromatic carbocycles. The minimum absolute atomic E-state index is 1.15. The van der Waals surface area contributed by atoms with Crippen LogP contribution in [0.2, 0.25) is 4.44 Å². The Kier molecular flexibility index (Phi) is 5.55. The van der Waals surface area contributed by atoms with Gasteiger partial charge in [0, 0.05) is 0 Å². The van der Waals surface area contributed by atoms with Gasteiger partial charge in [-0.05, 0) is 0 Å². The van der Waals surface area contributed by atoms with Crippen LogP contribution in [0.5, 0.6) is 0 Å². The van der Waals surface area contributed by atoms with Crippen molar-refractivity contribution in [1.29, 1.82) is 0 Å². The third kappa shape index (κ3) is 3.67. The molecule has 10 heavy (non-hydrogen) atoms. The third-order valence-electron chi connectivity index (χ3n) is 1.59. The molecule has 0 N–H and O–H groups in total. The second-order valence-corrected chi connectivity index (χ2v) is 16.2. The van der Waals surface area contributed by atoms with E-state index in [1.807, 2.05) is 8.18 Å². The van der Waals surface area contributed by atoms with Gasteiger partial charge in [0.15, 0.2) is 0 Å². The van der Waals surface area contributed by atoms with Crippen molar-refractivity contribution >= 4 is 26.2 Å². The summed E-state index contributed by atoms with van der Waals surface area (Å²) in [4.78, 5) is 0. The van der Waals surface area contributed by atoms with Gasteiger partial charge in [-0.3, -0.25) is 0 Å². The van der Waals surface area contributed by atoms with Gasteiger partial charge in [0.1, 0.15) is 0 Å². The molecule has 0 radical (unpaired) electrons. The van der Waals surface area contributed by atoms with E-state index < -0.39 is 17.3 Å². The molecule has 0 aliphatic carbocycles. The SMILES string of the molecule is C=[CH][Sn]([Cl])([CH]=C)[CH2]CCC. The van der Waals surface area contributed by atoms with E-state index in [1.165, 1.54) is 12.8 Å². The standard InChI is InChI=1S/C4H9.2C2H3.ClH.Sn/c1-3-4-2;2*1-2;;/h1,3-4H2,2H3;2*1H,2H2;1H;/q;;;;+1/p-1. The number of halogens is 1. The fraction of sp³-hybridized carbons (Fsp3) is 0.500. The van der Waals surface area contributed by atoms with Crippen LogP contribution in [0, 0.1) is 0 Å². The number of rotatable bonds is 5. The summed E-state index contributed by atoms with van der Waals surface area (Å²) < 4.78 is 5.07. The quantitative estimate of drug-likeness (QED) is 0.668. The molecular formula is C8H15ClSn. The van der Waals surface area contributed by atoms with Crippen LogP contribution in [0.3, 0.4) is 0 Å². The topological polar surface area (TPSA) is 0 Å². The molecule has 0 aromatic heterocycles. The second-order valence-electron chi connectivity index (χ2n) is 2.44. The van der Waals surface area contributed by atoms with Crippen LogP contribution in [0.25, 0.3) is 0 Å². The summed E-state index contributed by atoms with van der Waals surface area (Å²) >= 11 is -2.41. The van der Waals surface area contributed by atoms with Crippen molar-refractivity contribution in [3.63, 3.8) is 0 Å². The van der Waals surface area contributed by atoms with Gasteiger partial charge in [-0.15, -0.1) is 0 Å². The zero-order chi connectivity index (χ0) is 8.04. The van der Waals surface area contributed by atoms with Gasteiger partial charge in [-0.2, -0.15) is 0 Å². The molecule has 0 rings (SSSR count). The number of unbranched alkanes of at least 4 members (excludes halogenated alkanes) is 1. The Morgan fingerprint density at radius 2 is 1.90 bits per heavy atom. The zero-order valence-corrected chi connectivity index (χ0v) is 10.2. The normalized spacial score (nSPS) is 11.0. The van der Waals surface area contributed by atoms with Crippen molar-refractivity contribution in [3.05, 3.63) is 21.3 Å². The van der Waals surface area contributed by atoms with E-state index >= 15 is 0 Å². The maximum absolute atomic E-state index is 6.26. The van der Waals surface area contributed by atoms with E-state index in [0.29, 0.717) is 0 Å². The van der Waals surface area contributed by atoms with Gasteiger partial charge in [-0.25, -0.2) is 0 Å². The molecule has 0 spiro atoms. The predicted octanol–water partition coefficient (Wildman–Crippen LogP) is 3.42. The van der Waals surface area contributed by atoms with Crippen LogP contribution in [-0.4, -0.2) is 17.3 Å². The van der Waals surface area contributed by atoms with Gasteiger partial charge in [-0.1, -0.05) is 0 Å². The Balaban J connectivity index is 3.80. The number of hydrogen-bond acceptors (Lipinski definition) is 0. The van der Waals surface area contributed by atoms with Crippen LogP contribution in [0.15, 0.2) is 21.3 Å². The molecule has 0 aliphatic rings. The van der Waals surface area contributed by atoms with Crippen LogP contribution in [0.1, 0.15) is 19.8 Å². The van der Waals surface area contributed by atoms with Crippen LogP contribution in [0.4, 0.5) is 0 Å². The van der Waals surface area contributed by atoms with Crippen molar-refractivity contribution in [3.8, 4) is 0 Å². The van der Waals surface area contributed by atoms with Crippen molar-refractivity contribution in [2.45, 2.75) is 24.2 Å². The van der Waals surface area contributed by atoms with Gasteiger partial charge in [0.2, 0.25) is 0 Å². The molecule has 0 saturated heterocycles. The molecule has 0 bridgehead atoms. The molecular weight excluding hydrogens is 250 g/mol. The molecule has 0 heterocycles. The molecule has 2 heteroatoms. The van der Waals surface area contributed by atoms with E-state index in [0.717, 1.165) is 4.44 Å². The summed E-state index contributed by atoms with van der Waals surface area (Å²) in [6.45, 7) is 9.67. The average molecular weight is 265 g/mol. The first-order valence-electron chi connectivity index (χ1n) is 3.64. The van der Waals surface area contributed by atoms with E-state index in [4.69, 9.17) is 8.92 Å². The Labute approximate surface area is 71.6 Å². The molecule has 0 atom stereocenters. The Bertz CT molecular complexity index is 112. The molecule has 0 fully saturated rings. The van der Waals surface area contributed by atoms with E-state index in [9.17, 15) is 0 Å². The fourth-order valence-corrected chi connectivity index (χ4v) is 5.83. The van der Waals surface area contributed by atoms with Crippen molar-refractivity contribution in [2.75, 3.05) is 0 Å². The average Bonchev–Trinajstić information content (AvgIpc) is 2.00. The first kappa shape index (κ1) is 10.6. The van der Waals surface area contributed by atoms with E-state index in [2.05, 4.69) is 20.1 Å². The van der Waals surface area contributed by atoms with Gasteiger partial charge in [0.25, 0.3) is 0 Å². The second kappa shape index (κ2) is 5.25. The Morgan fingerprint density at radius 1 is 1.40 bits per heavy atom. The van der Waals surface area contributed by atoms with Crippen molar-refractivity contribution < 1.29 is 0 Å². The van der Waals surface area contributed by atoms with Gasteiger partial charge in [0.05, 0.1) is 0 Å². The monoisotopic (exact) mass is 266 g/mol. The van der Waals surface area contributed by atoms with Crippen LogP contribution < -0.4 is 0 Å². The molecule has 58 valence electrons. The van der Waals surface area contributed by atoms with Crippen LogP contribution >= 0.6 is 8.92 Å². The zero-order valence-electron chi connectivity index (χ0n) is 6.57. The predicted molar refractivity (Wildman–Crippen MR) is 51.7 cm³/mol. The molecule has 0 amide bonds. The molecule has 0 aromatic rings. The summed E-state index contributed by atoms with van der Waals surface area (Å²) in [6, 6.07) is 0. The molecule has 0 unspecified atom stereocenters. The molecule has 0 saturated carbocycles. The molecule has 0 aliphatic heterocycles. The summed E-state index contributed by atoms with van der Waals surface area (Å²) in [6.07, 6.45) is 2.44. The van der Waals surface area contributed by atoms with Crippen molar-refractivity contribution in [1.82, 2.24) is 0 Å². The first-order valence-corrected chi connectivity index (χ1v) is 12.6.